The number of fused-ring (bicyclic) bond motifs is 1. The molecule has 7 nitrogen and oxygen atoms in total. The monoisotopic (exact) mass is 326 g/mol. The molecule has 0 aromatic carbocycles. The quantitative estimate of drug-likeness (QED) is 0.847. The highest BCUT2D eigenvalue weighted by atomic mass is 16.5. The molecule has 2 aromatic rings. The van der Waals surface area contributed by atoms with E-state index in [-0.39, 0.29) is 24.2 Å². The lowest BCUT2D eigenvalue weighted by Crippen LogP contribution is -2.54. The second-order valence-corrected chi connectivity index (χ2v) is 5.91. The zero-order chi connectivity index (χ0) is 16.4. The lowest BCUT2D eigenvalue weighted by molar-refractivity contribution is -0.0787. The summed E-state index contributed by atoms with van der Waals surface area (Å²) in [5, 5.41) is 0. The maximum atomic E-state index is 12.7. The predicted octanol–water partition coefficient (Wildman–Crippen LogP) is 1.32. The number of hydrogen-bond acceptors (Lipinski definition) is 6. The SMILES string of the molecule is O=C(c1cnccn1)N1CCO[C@H]2[C@H](Oc3cccnc3)CC[C@@H]21. The van der Waals surface area contributed by atoms with Gasteiger partial charge in [0.2, 0.25) is 0 Å². The van der Waals surface area contributed by atoms with Crippen molar-refractivity contribution in [2.24, 2.45) is 0 Å². The number of morpholine rings is 1. The third-order valence-corrected chi connectivity index (χ3v) is 4.50. The Bertz CT molecular complexity index is 697. The summed E-state index contributed by atoms with van der Waals surface area (Å²) in [5.41, 5.74) is 0.370. The molecule has 0 radical (unpaired) electrons. The topological polar surface area (TPSA) is 77.4 Å². The Morgan fingerprint density at radius 1 is 1.21 bits per heavy atom. The van der Waals surface area contributed by atoms with Gasteiger partial charge in [-0.05, 0) is 25.0 Å². The molecule has 3 heterocycles. The first-order valence-corrected chi connectivity index (χ1v) is 8.08. The van der Waals surface area contributed by atoms with Crippen molar-refractivity contribution in [3.8, 4) is 5.75 Å². The fraction of sp³-hybridized carbons (Fsp3) is 0.412. The molecule has 2 aromatic heterocycles. The van der Waals surface area contributed by atoms with Crippen molar-refractivity contribution in [3.05, 3.63) is 48.8 Å². The molecule has 4 rings (SSSR count). The molecule has 0 bridgehead atoms. The average Bonchev–Trinajstić information content (AvgIpc) is 3.06. The van der Waals surface area contributed by atoms with Crippen molar-refractivity contribution in [1.29, 1.82) is 0 Å². The van der Waals surface area contributed by atoms with Crippen LogP contribution in [0.5, 0.6) is 5.75 Å². The summed E-state index contributed by atoms with van der Waals surface area (Å²) in [6.45, 7) is 1.07. The minimum absolute atomic E-state index is 0.00919. The zero-order valence-corrected chi connectivity index (χ0v) is 13.1. The summed E-state index contributed by atoms with van der Waals surface area (Å²) in [4.78, 5) is 26.7. The summed E-state index contributed by atoms with van der Waals surface area (Å²) < 4.78 is 12.0. The molecule has 1 aliphatic heterocycles. The third-order valence-electron chi connectivity index (χ3n) is 4.50. The van der Waals surface area contributed by atoms with Gasteiger partial charge in [0.25, 0.3) is 5.91 Å². The van der Waals surface area contributed by atoms with Crippen molar-refractivity contribution in [2.75, 3.05) is 13.2 Å². The highest BCUT2D eigenvalue weighted by Gasteiger charge is 2.46. The number of carbonyl (C=O) groups is 1. The lowest BCUT2D eigenvalue weighted by atomic mass is 10.1. The Labute approximate surface area is 139 Å². The maximum absolute atomic E-state index is 12.7. The molecule has 1 aliphatic carbocycles. The van der Waals surface area contributed by atoms with Crippen LogP contribution >= 0.6 is 0 Å². The molecular weight excluding hydrogens is 308 g/mol. The molecule has 0 N–H and O–H groups in total. The fourth-order valence-corrected chi connectivity index (χ4v) is 3.44. The van der Waals surface area contributed by atoms with Crippen molar-refractivity contribution < 1.29 is 14.3 Å². The van der Waals surface area contributed by atoms with E-state index in [1.165, 1.54) is 12.4 Å². The van der Waals surface area contributed by atoms with Crippen molar-refractivity contribution >= 4 is 5.91 Å². The molecule has 1 amide bonds. The molecular formula is C17H18N4O3. The van der Waals surface area contributed by atoms with Gasteiger partial charge in [0, 0.05) is 25.1 Å². The molecule has 1 saturated heterocycles. The molecule has 3 atom stereocenters. The van der Waals surface area contributed by atoms with Crippen LogP contribution in [0.4, 0.5) is 0 Å². The van der Waals surface area contributed by atoms with E-state index in [4.69, 9.17) is 9.47 Å². The number of hydrogen-bond donors (Lipinski definition) is 0. The van der Waals surface area contributed by atoms with Gasteiger partial charge in [0.1, 0.15) is 23.7 Å². The van der Waals surface area contributed by atoms with Gasteiger partial charge < -0.3 is 14.4 Å². The van der Waals surface area contributed by atoms with Crippen LogP contribution < -0.4 is 4.74 Å². The molecule has 2 fully saturated rings. The van der Waals surface area contributed by atoms with E-state index in [0.29, 0.717) is 18.8 Å². The van der Waals surface area contributed by atoms with Gasteiger partial charge in [0.15, 0.2) is 0 Å². The van der Waals surface area contributed by atoms with E-state index < -0.39 is 0 Å². The van der Waals surface area contributed by atoms with Crippen molar-refractivity contribution in [1.82, 2.24) is 19.9 Å². The molecule has 2 aliphatic rings. The Hall–Kier alpha value is -2.54. The Kier molecular flexibility index (Phi) is 4.08. The van der Waals surface area contributed by atoms with Crippen molar-refractivity contribution in [3.63, 3.8) is 0 Å². The predicted molar refractivity (Wildman–Crippen MR) is 84.5 cm³/mol. The first kappa shape index (κ1) is 15.0. The van der Waals surface area contributed by atoms with Gasteiger partial charge in [0.05, 0.1) is 25.0 Å². The summed E-state index contributed by atoms with van der Waals surface area (Å²) in [5.74, 6) is 0.632. The van der Waals surface area contributed by atoms with Crippen LogP contribution in [0.2, 0.25) is 0 Å². The summed E-state index contributed by atoms with van der Waals surface area (Å²) >= 11 is 0. The lowest BCUT2D eigenvalue weighted by Gasteiger charge is -2.38. The second-order valence-electron chi connectivity index (χ2n) is 5.91. The van der Waals surface area contributed by atoms with Gasteiger partial charge in [-0.15, -0.1) is 0 Å². The van der Waals surface area contributed by atoms with Crippen LogP contribution in [-0.4, -0.2) is 57.2 Å². The third kappa shape index (κ3) is 2.82. The van der Waals surface area contributed by atoms with Crippen LogP contribution in [0.15, 0.2) is 43.1 Å². The van der Waals surface area contributed by atoms with E-state index in [0.717, 1.165) is 18.6 Å². The van der Waals surface area contributed by atoms with Crippen LogP contribution in [-0.2, 0) is 4.74 Å². The van der Waals surface area contributed by atoms with Crippen LogP contribution in [0, 0.1) is 0 Å². The van der Waals surface area contributed by atoms with Crippen LogP contribution in [0.1, 0.15) is 23.3 Å². The summed E-state index contributed by atoms with van der Waals surface area (Å²) in [7, 11) is 0. The number of amides is 1. The summed E-state index contributed by atoms with van der Waals surface area (Å²) in [6, 6.07) is 3.73. The molecule has 0 spiro atoms. The van der Waals surface area contributed by atoms with E-state index in [1.54, 1.807) is 18.6 Å². The average molecular weight is 326 g/mol. The highest BCUT2D eigenvalue weighted by molar-refractivity contribution is 5.92. The molecule has 1 saturated carbocycles. The second kappa shape index (κ2) is 6.52. The van der Waals surface area contributed by atoms with E-state index in [1.807, 2.05) is 17.0 Å². The standard InChI is InChI=1S/C17H18N4O3/c22-17(13-11-19-6-7-20-13)21-8-9-23-16-14(21)3-4-15(16)24-12-2-1-5-18-10-12/h1-2,5-7,10-11,14-16H,3-4,8-9H2/t14-,15+,16+/m0/s1. The Morgan fingerprint density at radius 2 is 2.12 bits per heavy atom. The Balaban J connectivity index is 1.49. The number of carbonyl (C=O) groups excluding carboxylic acids is 1. The van der Waals surface area contributed by atoms with Gasteiger partial charge in [-0.1, -0.05) is 0 Å². The number of rotatable bonds is 3. The van der Waals surface area contributed by atoms with Crippen LogP contribution in [0.25, 0.3) is 0 Å². The largest absolute Gasteiger partial charge is 0.486 e. The van der Waals surface area contributed by atoms with Gasteiger partial charge in [-0.2, -0.15) is 0 Å². The minimum Gasteiger partial charge on any atom is -0.486 e. The van der Waals surface area contributed by atoms with Gasteiger partial charge in [-0.3, -0.25) is 14.8 Å². The molecule has 124 valence electrons. The number of nitrogens with zero attached hydrogens (tertiary/aromatic N) is 4. The van der Waals surface area contributed by atoms with Gasteiger partial charge >= 0.3 is 0 Å². The Morgan fingerprint density at radius 3 is 2.92 bits per heavy atom. The number of aromatic nitrogens is 3. The minimum atomic E-state index is -0.125. The summed E-state index contributed by atoms with van der Waals surface area (Å²) in [6.07, 6.45) is 9.50. The fourth-order valence-electron chi connectivity index (χ4n) is 3.44. The zero-order valence-electron chi connectivity index (χ0n) is 13.1. The number of pyridine rings is 1. The molecule has 0 unspecified atom stereocenters. The van der Waals surface area contributed by atoms with Gasteiger partial charge in [-0.25, -0.2) is 4.98 Å². The number of ether oxygens (including phenoxy) is 2. The first-order valence-electron chi connectivity index (χ1n) is 8.08. The van der Waals surface area contributed by atoms with E-state index in [2.05, 4.69) is 15.0 Å². The van der Waals surface area contributed by atoms with Crippen LogP contribution in [0.3, 0.4) is 0 Å². The normalized spacial score (nSPS) is 26.0. The first-order chi connectivity index (χ1) is 11.8. The molecule has 24 heavy (non-hydrogen) atoms. The smallest absolute Gasteiger partial charge is 0.274 e. The van der Waals surface area contributed by atoms with Crippen molar-refractivity contribution in [2.45, 2.75) is 31.1 Å². The maximum Gasteiger partial charge on any atom is 0.274 e. The molecule has 7 heteroatoms. The highest BCUT2D eigenvalue weighted by Crippen LogP contribution is 2.33. The van der Waals surface area contributed by atoms with E-state index in [9.17, 15) is 4.79 Å². The van der Waals surface area contributed by atoms with E-state index >= 15 is 0 Å².